The van der Waals surface area contributed by atoms with E-state index in [2.05, 4.69) is 26.0 Å². The average molecular weight is 347 g/mol. The number of ketones is 1. The normalized spacial score (nSPS) is 21.9. The lowest BCUT2D eigenvalue weighted by molar-refractivity contribution is -0.119. The first kappa shape index (κ1) is 15.6. The first-order valence-electron chi connectivity index (χ1n) is 9.12. The van der Waals surface area contributed by atoms with Crippen LogP contribution in [0.5, 0.6) is 0 Å². The van der Waals surface area contributed by atoms with Crippen LogP contribution in [0.4, 0.5) is 0 Å². The van der Waals surface area contributed by atoms with Gasteiger partial charge in [0, 0.05) is 54.7 Å². The second-order valence-electron chi connectivity index (χ2n) is 7.66. The van der Waals surface area contributed by atoms with Crippen molar-refractivity contribution < 1.29 is 4.79 Å². The van der Waals surface area contributed by atoms with Crippen LogP contribution in [0.15, 0.2) is 36.9 Å². The number of nitrogens with zero attached hydrogens (tertiary/aromatic N) is 5. The van der Waals surface area contributed by atoms with Crippen LogP contribution < -0.4 is 0 Å². The van der Waals surface area contributed by atoms with Gasteiger partial charge in [0.25, 0.3) is 0 Å². The number of aryl methyl sites for hydroxylation is 1. The SMILES string of the molecule is Cn1cc(-c2cnc3cnc(CC(=O)CN4CC5CC5C4)cc3c2)cn1. The van der Waals surface area contributed by atoms with Crippen LogP contribution >= 0.6 is 0 Å². The fourth-order valence-electron chi connectivity index (χ4n) is 4.03. The fourth-order valence-corrected chi connectivity index (χ4v) is 4.03. The highest BCUT2D eigenvalue weighted by Crippen LogP contribution is 2.44. The Labute approximate surface area is 151 Å². The van der Waals surface area contributed by atoms with E-state index in [0.717, 1.165) is 52.6 Å². The minimum atomic E-state index is 0.245. The molecule has 4 heterocycles. The number of Topliss-reactive ketones (excluding diaryl/α,β-unsaturated/α-hetero) is 1. The predicted molar refractivity (Wildman–Crippen MR) is 98.5 cm³/mol. The Bertz CT molecular complexity index is 985. The van der Waals surface area contributed by atoms with E-state index in [1.54, 1.807) is 10.9 Å². The van der Waals surface area contributed by atoms with Crippen molar-refractivity contribution in [3.63, 3.8) is 0 Å². The largest absolute Gasteiger partial charge is 0.298 e. The molecule has 0 N–H and O–H groups in total. The van der Waals surface area contributed by atoms with Gasteiger partial charge in [-0.25, -0.2) is 0 Å². The molecular formula is C20H21N5O. The monoisotopic (exact) mass is 347 g/mol. The molecule has 1 aliphatic carbocycles. The molecule has 132 valence electrons. The molecule has 0 radical (unpaired) electrons. The Balaban J connectivity index is 1.33. The number of hydrogen-bond acceptors (Lipinski definition) is 5. The number of carbonyl (C=O) groups is 1. The molecule has 0 spiro atoms. The van der Waals surface area contributed by atoms with Gasteiger partial charge in [-0.1, -0.05) is 0 Å². The molecule has 1 saturated carbocycles. The number of rotatable bonds is 5. The van der Waals surface area contributed by atoms with E-state index in [1.165, 1.54) is 6.42 Å². The van der Waals surface area contributed by atoms with Crippen molar-refractivity contribution in [1.82, 2.24) is 24.6 Å². The van der Waals surface area contributed by atoms with Crippen LogP contribution in [0.2, 0.25) is 0 Å². The van der Waals surface area contributed by atoms with E-state index in [4.69, 9.17) is 0 Å². The lowest BCUT2D eigenvalue weighted by atomic mass is 10.1. The summed E-state index contributed by atoms with van der Waals surface area (Å²) in [5, 5.41) is 5.22. The quantitative estimate of drug-likeness (QED) is 0.707. The number of fused-ring (bicyclic) bond motifs is 2. The fraction of sp³-hybridized carbons (Fsp3) is 0.400. The van der Waals surface area contributed by atoms with Crippen molar-refractivity contribution in [3.05, 3.63) is 42.6 Å². The van der Waals surface area contributed by atoms with Gasteiger partial charge in [0.1, 0.15) is 0 Å². The third kappa shape index (κ3) is 3.01. The molecule has 0 aromatic carbocycles. The van der Waals surface area contributed by atoms with E-state index in [1.807, 2.05) is 31.7 Å². The van der Waals surface area contributed by atoms with Crippen LogP contribution in [0, 0.1) is 11.8 Å². The zero-order valence-corrected chi connectivity index (χ0v) is 14.8. The summed E-state index contributed by atoms with van der Waals surface area (Å²) in [6.07, 6.45) is 9.15. The summed E-state index contributed by atoms with van der Waals surface area (Å²) >= 11 is 0. The molecule has 0 bridgehead atoms. The number of pyridine rings is 2. The van der Waals surface area contributed by atoms with Gasteiger partial charge >= 0.3 is 0 Å². The Morgan fingerprint density at radius 3 is 2.73 bits per heavy atom. The smallest absolute Gasteiger partial charge is 0.152 e. The van der Waals surface area contributed by atoms with Gasteiger partial charge < -0.3 is 0 Å². The molecule has 3 aromatic rings. The van der Waals surface area contributed by atoms with Crippen LogP contribution in [0.1, 0.15) is 12.1 Å². The van der Waals surface area contributed by atoms with Gasteiger partial charge in [0.15, 0.2) is 5.78 Å². The molecule has 2 aliphatic rings. The van der Waals surface area contributed by atoms with Crippen LogP contribution in [-0.4, -0.2) is 50.1 Å². The van der Waals surface area contributed by atoms with Crippen molar-refractivity contribution >= 4 is 16.7 Å². The van der Waals surface area contributed by atoms with E-state index in [-0.39, 0.29) is 5.78 Å². The molecule has 6 nitrogen and oxygen atoms in total. The van der Waals surface area contributed by atoms with Gasteiger partial charge in [-0.15, -0.1) is 0 Å². The molecular weight excluding hydrogens is 326 g/mol. The van der Waals surface area contributed by atoms with Crippen molar-refractivity contribution in [1.29, 1.82) is 0 Å². The maximum absolute atomic E-state index is 12.4. The van der Waals surface area contributed by atoms with E-state index in [9.17, 15) is 4.79 Å². The van der Waals surface area contributed by atoms with Crippen molar-refractivity contribution in [3.8, 4) is 11.1 Å². The summed E-state index contributed by atoms with van der Waals surface area (Å²) in [7, 11) is 1.90. The Hall–Kier alpha value is -2.60. The summed E-state index contributed by atoms with van der Waals surface area (Å²) in [5.41, 5.74) is 3.71. The predicted octanol–water partition coefficient (Wildman–Crippen LogP) is 2.09. The second kappa shape index (κ2) is 5.99. The van der Waals surface area contributed by atoms with Gasteiger partial charge in [0.2, 0.25) is 0 Å². The van der Waals surface area contributed by atoms with E-state index in [0.29, 0.717) is 13.0 Å². The first-order chi connectivity index (χ1) is 12.6. The van der Waals surface area contributed by atoms with Gasteiger partial charge in [-0.05, 0) is 30.4 Å². The van der Waals surface area contributed by atoms with Crippen molar-refractivity contribution in [2.45, 2.75) is 12.8 Å². The zero-order valence-electron chi connectivity index (χ0n) is 14.8. The molecule has 5 rings (SSSR count). The molecule has 1 aliphatic heterocycles. The van der Waals surface area contributed by atoms with Crippen LogP contribution in [0.3, 0.4) is 0 Å². The second-order valence-corrected chi connectivity index (χ2v) is 7.66. The first-order valence-corrected chi connectivity index (χ1v) is 9.12. The lowest BCUT2D eigenvalue weighted by Gasteiger charge is -2.15. The maximum atomic E-state index is 12.4. The lowest BCUT2D eigenvalue weighted by Crippen LogP contribution is -2.30. The minimum Gasteiger partial charge on any atom is -0.298 e. The molecule has 0 amide bonds. The summed E-state index contributed by atoms with van der Waals surface area (Å²) in [6.45, 7) is 2.75. The highest BCUT2D eigenvalue weighted by molar-refractivity contribution is 5.86. The van der Waals surface area contributed by atoms with E-state index >= 15 is 0 Å². The number of piperidine rings is 1. The van der Waals surface area contributed by atoms with Crippen molar-refractivity contribution in [2.24, 2.45) is 18.9 Å². The van der Waals surface area contributed by atoms with Crippen molar-refractivity contribution in [2.75, 3.05) is 19.6 Å². The molecule has 3 aromatic heterocycles. The summed E-state index contributed by atoms with van der Waals surface area (Å²) in [5.74, 6) is 1.96. The summed E-state index contributed by atoms with van der Waals surface area (Å²) in [6, 6.07) is 4.07. The standard InChI is InChI=1S/C20H21N5O/c1-24-9-17(7-23-24)14-2-13-4-18(21-8-20(13)22-6-14)5-19(26)12-25-10-15-3-16(15)11-25/h2,4,6-9,15-16H,3,5,10-12H2,1H3. The van der Waals surface area contributed by atoms with Gasteiger partial charge in [-0.2, -0.15) is 5.10 Å². The Kier molecular flexibility index (Phi) is 3.60. The third-order valence-electron chi connectivity index (χ3n) is 5.50. The van der Waals surface area contributed by atoms with Gasteiger partial charge in [-0.3, -0.25) is 24.3 Å². The van der Waals surface area contributed by atoms with Crippen LogP contribution in [-0.2, 0) is 18.3 Å². The summed E-state index contributed by atoms with van der Waals surface area (Å²) in [4.78, 5) is 23.6. The number of carbonyl (C=O) groups excluding carboxylic acids is 1. The Morgan fingerprint density at radius 2 is 1.96 bits per heavy atom. The maximum Gasteiger partial charge on any atom is 0.152 e. The average Bonchev–Trinajstić information content (AvgIpc) is 3.01. The number of likely N-dealkylation sites (tertiary alicyclic amines) is 1. The molecule has 2 fully saturated rings. The topological polar surface area (TPSA) is 63.9 Å². The molecule has 6 heteroatoms. The third-order valence-corrected chi connectivity index (χ3v) is 5.50. The highest BCUT2D eigenvalue weighted by Gasteiger charge is 2.45. The molecule has 2 atom stereocenters. The highest BCUT2D eigenvalue weighted by atomic mass is 16.1. The summed E-state index contributed by atoms with van der Waals surface area (Å²) < 4.78 is 1.78. The van der Waals surface area contributed by atoms with Crippen LogP contribution in [0.25, 0.3) is 22.0 Å². The molecule has 1 saturated heterocycles. The number of hydrogen-bond donors (Lipinski definition) is 0. The number of aromatic nitrogens is 4. The molecule has 26 heavy (non-hydrogen) atoms. The molecule has 2 unspecified atom stereocenters. The minimum absolute atomic E-state index is 0.245. The zero-order chi connectivity index (χ0) is 17.7. The van der Waals surface area contributed by atoms with Gasteiger partial charge in [0.05, 0.1) is 30.9 Å². The van der Waals surface area contributed by atoms with E-state index < -0.39 is 0 Å². The Morgan fingerprint density at radius 1 is 1.12 bits per heavy atom.